The van der Waals surface area contributed by atoms with Crippen molar-refractivity contribution in [3.8, 4) is 0 Å². The van der Waals surface area contributed by atoms with Crippen LogP contribution in [0.4, 0.5) is 10.1 Å². The van der Waals surface area contributed by atoms with Gasteiger partial charge in [0.2, 0.25) is 0 Å². The van der Waals surface area contributed by atoms with Crippen molar-refractivity contribution in [1.29, 1.82) is 0 Å². The largest absolute Gasteiger partial charge is 0.385 e. The Morgan fingerprint density at radius 2 is 2.31 bits per heavy atom. The molecule has 0 bridgehead atoms. The number of anilines is 1. The average Bonchev–Trinajstić information content (AvgIpc) is 2.30. The molecule has 88 valence electrons. The Morgan fingerprint density at radius 3 is 3.06 bits per heavy atom. The summed E-state index contributed by atoms with van der Waals surface area (Å²) in [5.41, 5.74) is 0.871. The van der Waals surface area contributed by atoms with Gasteiger partial charge in [-0.2, -0.15) is 0 Å². The number of halogens is 1. The summed E-state index contributed by atoms with van der Waals surface area (Å²) in [7, 11) is 0. The van der Waals surface area contributed by atoms with Crippen LogP contribution in [0.15, 0.2) is 24.3 Å². The highest BCUT2D eigenvalue weighted by molar-refractivity contribution is 5.42. The second-order valence-electron chi connectivity index (χ2n) is 4.37. The molecule has 2 N–H and O–H groups in total. The van der Waals surface area contributed by atoms with Crippen LogP contribution in [0.2, 0.25) is 0 Å². The fraction of sp³-hybridized carbons (Fsp3) is 0.538. The smallest absolute Gasteiger partial charge is 0.125 e. The molecule has 2 rings (SSSR count). The molecule has 1 aromatic rings. The van der Waals surface area contributed by atoms with E-state index in [9.17, 15) is 4.39 Å². The molecule has 2 nitrogen and oxygen atoms in total. The van der Waals surface area contributed by atoms with E-state index in [1.165, 1.54) is 31.4 Å². The zero-order valence-electron chi connectivity index (χ0n) is 9.51. The molecule has 1 heterocycles. The summed E-state index contributed by atoms with van der Waals surface area (Å²) in [6, 6.07) is 7.27. The Hall–Kier alpha value is -1.09. The molecule has 0 saturated carbocycles. The molecule has 1 aliphatic rings. The lowest BCUT2D eigenvalue weighted by Gasteiger charge is -2.23. The van der Waals surface area contributed by atoms with E-state index in [4.69, 9.17) is 0 Å². The fourth-order valence-electron chi connectivity index (χ4n) is 2.16. The third-order valence-corrected chi connectivity index (χ3v) is 3.06. The first-order chi connectivity index (χ1) is 7.84. The van der Waals surface area contributed by atoms with Crippen molar-refractivity contribution < 1.29 is 4.39 Å². The van der Waals surface area contributed by atoms with Crippen molar-refractivity contribution in [3.05, 3.63) is 30.1 Å². The number of rotatable bonds is 4. The maximum absolute atomic E-state index is 12.9. The van der Waals surface area contributed by atoms with Gasteiger partial charge in [0.25, 0.3) is 0 Å². The predicted molar refractivity (Wildman–Crippen MR) is 65.1 cm³/mol. The Labute approximate surface area is 96.2 Å². The van der Waals surface area contributed by atoms with Crippen LogP contribution in [0, 0.1) is 5.82 Å². The zero-order valence-corrected chi connectivity index (χ0v) is 9.51. The van der Waals surface area contributed by atoms with Gasteiger partial charge in [-0.05, 0) is 44.0 Å². The molecule has 0 spiro atoms. The molecule has 1 atom stereocenters. The number of nitrogens with one attached hydrogen (secondary N) is 2. The minimum Gasteiger partial charge on any atom is -0.385 e. The lowest BCUT2D eigenvalue weighted by molar-refractivity contribution is 0.389. The van der Waals surface area contributed by atoms with Crippen LogP contribution in [-0.2, 0) is 0 Å². The number of piperidine rings is 1. The maximum Gasteiger partial charge on any atom is 0.125 e. The summed E-state index contributed by atoms with van der Waals surface area (Å²) in [5, 5.41) is 6.76. The Bertz CT molecular complexity index is 321. The summed E-state index contributed by atoms with van der Waals surface area (Å²) in [5.74, 6) is -0.180. The normalized spacial score (nSPS) is 20.7. The van der Waals surface area contributed by atoms with Crippen LogP contribution in [0.25, 0.3) is 0 Å². The molecule has 1 aliphatic heterocycles. The molecule has 1 saturated heterocycles. The SMILES string of the molecule is Fc1cccc(NCCC2CCCCN2)c1. The van der Waals surface area contributed by atoms with Crippen molar-refractivity contribution >= 4 is 5.69 Å². The summed E-state index contributed by atoms with van der Waals surface area (Å²) >= 11 is 0. The molecular weight excluding hydrogens is 203 g/mol. The van der Waals surface area contributed by atoms with E-state index in [0.717, 1.165) is 25.2 Å². The molecule has 1 fully saturated rings. The number of benzene rings is 1. The van der Waals surface area contributed by atoms with E-state index in [0.29, 0.717) is 6.04 Å². The first kappa shape index (κ1) is 11.4. The molecule has 16 heavy (non-hydrogen) atoms. The van der Waals surface area contributed by atoms with Crippen LogP contribution in [0.1, 0.15) is 25.7 Å². The van der Waals surface area contributed by atoms with Gasteiger partial charge in [-0.25, -0.2) is 4.39 Å². The number of hydrogen-bond donors (Lipinski definition) is 2. The van der Waals surface area contributed by atoms with Crippen LogP contribution in [0.5, 0.6) is 0 Å². The fourth-order valence-corrected chi connectivity index (χ4v) is 2.16. The van der Waals surface area contributed by atoms with E-state index in [1.54, 1.807) is 6.07 Å². The van der Waals surface area contributed by atoms with E-state index in [1.807, 2.05) is 6.07 Å². The van der Waals surface area contributed by atoms with Crippen LogP contribution in [0.3, 0.4) is 0 Å². The first-order valence-electron chi connectivity index (χ1n) is 6.07. The summed E-state index contributed by atoms with van der Waals surface area (Å²) < 4.78 is 12.9. The van der Waals surface area contributed by atoms with Gasteiger partial charge in [0.15, 0.2) is 0 Å². The molecule has 1 unspecified atom stereocenters. The van der Waals surface area contributed by atoms with Crippen molar-refractivity contribution in [2.45, 2.75) is 31.7 Å². The lowest BCUT2D eigenvalue weighted by atomic mass is 10.0. The minimum absolute atomic E-state index is 0.180. The highest BCUT2D eigenvalue weighted by Gasteiger charge is 2.11. The van der Waals surface area contributed by atoms with Crippen molar-refractivity contribution in [1.82, 2.24) is 5.32 Å². The van der Waals surface area contributed by atoms with Gasteiger partial charge in [0.1, 0.15) is 5.82 Å². The second kappa shape index (κ2) is 5.85. The molecular formula is C13H19FN2. The second-order valence-corrected chi connectivity index (χ2v) is 4.37. The first-order valence-corrected chi connectivity index (χ1v) is 6.07. The third-order valence-electron chi connectivity index (χ3n) is 3.06. The Kier molecular flexibility index (Phi) is 4.17. The highest BCUT2D eigenvalue weighted by atomic mass is 19.1. The monoisotopic (exact) mass is 222 g/mol. The summed E-state index contributed by atoms with van der Waals surface area (Å²) in [4.78, 5) is 0. The summed E-state index contributed by atoms with van der Waals surface area (Å²) in [6.45, 7) is 2.05. The van der Waals surface area contributed by atoms with Crippen LogP contribution in [-0.4, -0.2) is 19.1 Å². The zero-order chi connectivity index (χ0) is 11.2. The molecule has 0 radical (unpaired) electrons. The molecule has 1 aromatic carbocycles. The Morgan fingerprint density at radius 1 is 1.38 bits per heavy atom. The van der Waals surface area contributed by atoms with Gasteiger partial charge < -0.3 is 10.6 Å². The van der Waals surface area contributed by atoms with Crippen molar-refractivity contribution in [3.63, 3.8) is 0 Å². The Balaban J connectivity index is 1.71. The van der Waals surface area contributed by atoms with Gasteiger partial charge in [-0.3, -0.25) is 0 Å². The standard InChI is InChI=1S/C13H19FN2/c14-11-4-3-6-13(10-11)16-9-7-12-5-1-2-8-15-12/h3-4,6,10,12,15-16H,1-2,5,7-9H2. The quantitative estimate of drug-likeness (QED) is 0.818. The van der Waals surface area contributed by atoms with Crippen molar-refractivity contribution in [2.75, 3.05) is 18.4 Å². The summed E-state index contributed by atoms with van der Waals surface area (Å²) in [6.07, 6.45) is 5.01. The molecule has 0 amide bonds. The minimum atomic E-state index is -0.180. The van der Waals surface area contributed by atoms with Crippen LogP contribution < -0.4 is 10.6 Å². The predicted octanol–water partition coefficient (Wildman–Crippen LogP) is 2.77. The molecule has 3 heteroatoms. The average molecular weight is 222 g/mol. The van der Waals surface area contributed by atoms with E-state index < -0.39 is 0 Å². The van der Waals surface area contributed by atoms with Gasteiger partial charge in [-0.15, -0.1) is 0 Å². The topological polar surface area (TPSA) is 24.1 Å². The van der Waals surface area contributed by atoms with Gasteiger partial charge in [-0.1, -0.05) is 12.5 Å². The van der Waals surface area contributed by atoms with Gasteiger partial charge in [0.05, 0.1) is 0 Å². The molecule has 0 aromatic heterocycles. The van der Waals surface area contributed by atoms with Gasteiger partial charge >= 0.3 is 0 Å². The van der Waals surface area contributed by atoms with E-state index in [-0.39, 0.29) is 5.82 Å². The van der Waals surface area contributed by atoms with Gasteiger partial charge in [0, 0.05) is 18.3 Å². The lowest BCUT2D eigenvalue weighted by Crippen LogP contribution is -2.35. The highest BCUT2D eigenvalue weighted by Crippen LogP contribution is 2.12. The van der Waals surface area contributed by atoms with E-state index in [2.05, 4.69) is 10.6 Å². The maximum atomic E-state index is 12.9. The van der Waals surface area contributed by atoms with Crippen molar-refractivity contribution in [2.24, 2.45) is 0 Å². The third kappa shape index (κ3) is 3.49. The van der Waals surface area contributed by atoms with Crippen LogP contribution >= 0.6 is 0 Å². The van der Waals surface area contributed by atoms with E-state index >= 15 is 0 Å². The number of hydrogen-bond acceptors (Lipinski definition) is 2. The molecule has 0 aliphatic carbocycles.